The van der Waals surface area contributed by atoms with E-state index < -0.39 is 0 Å². The molecule has 3 rings (SSSR count). The molecule has 1 saturated heterocycles. The van der Waals surface area contributed by atoms with Crippen molar-refractivity contribution in [3.05, 3.63) is 52.9 Å². The summed E-state index contributed by atoms with van der Waals surface area (Å²) in [5.41, 5.74) is 6.71. The minimum atomic E-state index is 0.0806. The molecule has 1 aromatic carbocycles. The Hall–Kier alpha value is -3.19. The van der Waals surface area contributed by atoms with Crippen LogP contribution in [0, 0.1) is 5.41 Å². The van der Waals surface area contributed by atoms with E-state index in [1.807, 2.05) is 19.9 Å². The topological polar surface area (TPSA) is 93.6 Å². The average Bonchev–Trinajstić information content (AvgIpc) is 3.27. The number of allylic oxidation sites excluding steroid dienone is 4. The molecule has 37 heavy (non-hydrogen) atoms. The van der Waals surface area contributed by atoms with Gasteiger partial charge in [-0.3, -0.25) is 15.1 Å². The number of rotatable bonds is 9. The monoisotopic (exact) mass is 505 g/mol. The minimum absolute atomic E-state index is 0.0806. The van der Waals surface area contributed by atoms with Crippen molar-refractivity contribution >= 4 is 33.9 Å². The fraction of sp³-hybridized carbons (Fsp3) is 0.500. The van der Waals surface area contributed by atoms with Crippen LogP contribution in [0.2, 0.25) is 0 Å². The number of fused-ring (bicyclic) bond motifs is 1. The Labute approximate surface area is 221 Å². The normalized spacial score (nSPS) is 16.5. The summed E-state index contributed by atoms with van der Waals surface area (Å²) < 4.78 is 5.72. The molecular weight excluding hydrogens is 462 g/mol. The second kappa shape index (κ2) is 12.9. The van der Waals surface area contributed by atoms with E-state index in [-0.39, 0.29) is 11.7 Å². The number of amidine groups is 1. The molecule has 1 aliphatic heterocycles. The maximum absolute atomic E-state index is 11.8. The third-order valence-electron chi connectivity index (χ3n) is 7.17. The summed E-state index contributed by atoms with van der Waals surface area (Å²) in [5, 5.41) is 11.8. The van der Waals surface area contributed by atoms with Gasteiger partial charge in [-0.15, -0.1) is 0 Å². The highest BCUT2D eigenvalue weighted by Crippen LogP contribution is 2.37. The number of amides is 1. The van der Waals surface area contributed by atoms with E-state index >= 15 is 0 Å². The third-order valence-corrected chi connectivity index (χ3v) is 7.17. The van der Waals surface area contributed by atoms with Gasteiger partial charge in [0.1, 0.15) is 11.6 Å². The lowest BCUT2D eigenvalue weighted by Gasteiger charge is -2.31. The number of H-pyrrole nitrogens is 1. The lowest BCUT2D eigenvalue weighted by Crippen LogP contribution is -2.40. The van der Waals surface area contributed by atoms with E-state index in [9.17, 15) is 4.79 Å². The summed E-state index contributed by atoms with van der Waals surface area (Å²) in [6.07, 6.45) is 6.93. The molecule has 7 heteroatoms. The van der Waals surface area contributed by atoms with Gasteiger partial charge in [-0.1, -0.05) is 32.9 Å². The first-order valence-corrected chi connectivity index (χ1v) is 13.4. The van der Waals surface area contributed by atoms with Gasteiger partial charge in [0.05, 0.1) is 19.4 Å². The van der Waals surface area contributed by atoms with Crippen LogP contribution in [-0.2, 0) is 9.53 Å². The van der Waals surface area contributed by atoms with Crippen molar-refractivity contribution < 1.29 is 9.53 Å². The summed E-state index contributed by atoms with van der Waals surface area (Å²) >= 11 is 0. The Balaban J connectivity index is 1.97. The quantitative estimate of drug-likeness (QED) is 0.169. The number of benzene rings is 1. The van der Waals surface area contributed by atoms with Crippen LogP contribution in [0.5, 0.6) is 0 Å². The van der Waals surface area contributed by atoms with Gasteiger partial charge in [0.15, 0.2) is 0 Å². The molecule has 1 amide bonds. The fourth-order valence-electron chi connectivity index (χ4n) is 5.23. The molecule has 7 nitrogen and oxygen atoms in total. The number of piperidine rings is 1. The molecule has 1 aliphatic rings. The number of likely N-dealkylation sites (N-methyl/N-ethyl adjacent to an activating group) is 1. The molecule has 0 bridgehead atoms. The predicted octanol–water partition coefficient (Wildman–Crippen LogP) is 6.00. The van der Waals surface area contributed by atoms with Gasteiger partial charge in [0.2, 0.25) is 5.91 Å². The van der Waals surface area contributed by atoms with E-state index in [0.29, 0.717) is 30.6 Å². The van der Waals surface area contributed by atoms with Crippen molar-refractivity contribution in [3.63, 3.8) is 0 Å². The first-order chi connectivity index (χ1) is 17.7. The molecule has 0 atom stereocenters. The molecule has 0 unspecified atom stereocenters. The summed E-state index contributed by atoms with van der Waals surface area (Å²) in [4.78, 5) is 22.1. The van der Waals surface area contributed by atoms with Crippen molar-refractivity contribution in [1.29, 1.82) is 5.41 Å². The van der Waals surface area contributed by atoms with Gasteiger partial charge in [-0.05, 0) is 92.9 Å². The number of nitrogens with zero attached hydrogens (tertiary/aromatic N) is 2. The lowest BCUT2D eigenvalue weighted by molar-refractivity contribution is -0.122. The Bertz CT molecular complexity index is 1210. The molecule has 0 radical (unpaired) electrons. The number of nitrogens with one attached hydrogen (secondary N) is 3. The summed E-state index contributed by atoms with van der Waals surface area (Å²) in [6, 6.07) is 6.84. The van der Waals surface area contributed by atoms with Crippen LogP contribution in [0.4, 0.5) is 0 Å². The van der Waals surface area contributed by atoms with Crippen LogP contribution in [0.25, 0.3) is 16.5 Å². The van der Waals surface area contributed by atoms with Crippen LogP contribution < -0.4 is 5.32 Å². The number of aliphatic imine (C=N–C) groups is 1. The number of methoxy groups -OCH3 is 1. The van der Waals surface area contributed by atoms with E-state index in [1.165, 1.54) is 16.5 Å². The van der Waals surface area contributed by atoms with E-state index in [2.05, 4.69) is 58.3 Å². The zero-order valence-corrected chi connectivity index (χ0v) is 23.5. The standard InChI is InChI=1S/C30H43N5O2/c1-8-21(17-27(37-7)25(9-2)33-20(5)31)30-29(19(3)4)24-16-23(10-11-26(24)34-30)22-12-14-35(15-13-22)18-28(36)32-6/h8,10-11,16-17,19,22,31,34H,9,12-15,18H2,1-7H3,(H,32,36)/b21-8+,27-17+,31-20?,33-25?. The molecular formula is C30H43N5O2. The predicted molar refractivity (Wildman–Crippen MR) is 155 cm³/mol. The van der Waals surface area contributed by atoms with Gasteiger partial charge in [-0.2, -0.15) is 0 Å². The van der Waals surface area contributed by atoms with Crippen molar-refractivity contribution in [2.24, 2.45) is 4.99 Å². The Morgan fingerprint density at radius 3 is 2.57 bits per heavy atom. The largest absolute Gasteiger partial charge is 0.495 e. The van der Waals surface area contributed by atoms with Crippen LogP contribution >= 0.6 is 0 Å². The SMILES string of the molecule is C/C=C(\C=C(\OC)C(CC)=NC(C)=N)c1[nH]c2ccc(C3CCN(CC(=O)NC)CC3)cc2c1C(C)C. The fourth-order valence-corrected chi connectivity index (χ4v) is 5.23. The first-order valence-electron chi connectivity index (χ1n) is 13.4. The number of hydrogen-bond acceptors (Lipinski definition) is 4. The molecule has 2 aromatic rings. The third kappa shape index (κ3) is 6.77. The highest BCUT2D eigenvalue weighted by Gasteiger charge is 2.24. The summed E-state index contributed by atoms with van der Waals surface area (Å²) in [5.74, 6) is 1.85. The Morgan fingerprint density at radius 1 is 1.32 bits per heavy atom. The maximum Gasteiger partial charge on any atom is 0.233 e. The average molecular weight is 506 g/mol. The van der Waals surface area contributed by atoms with Gasteiger partial charge in [0, 0.05) is 23.6 Å². The van der Waals surface area contributed by atoms with E-state index in [4.69, 9.17) is 10.1 Å². The zero-order valence-electron chi connectivity index (χ0n) is 23.5. The number of ether oxygens (including phenoxy) is 1. The smallest absolute Gasteiger partial charge is 0.233 e. The van der Waals surface area contributed by atoms with Crippen molar-refractivity contribution in [2.75, 3.05) is 33.8 Å². The second-order valence-corrected chi connectivity index (χ2v) is 10.1. The number of hydrogen-bond donors (Lipinski definition) is 3. The molecule has 3 N–H and O–H groups in total. The van der Waals surface area contributed by atoms with Gasteiger partial charge < -0.3 is 15.0 Å². The van der Waals surface area contributed by atoms with Gasteiger partial charge in [-0.25, -0.2) is 4.99 Å². The van der Waals surface area contributed by atoms with Crippen molar-refractivity contribution in [3.8, 4) is 0 Å². The number of aromatic amines is 1. The number of likely N-dealkylation sites (tertiary alicyclic amines) is 1. The molecule has 1 fully saturated rings. The lowest BCUT2D eigenvalue weighted by atomic mass is 9.87. The van der Waals surface area contributed by atoms with Crippen LogP contribution in [-0.4, -0.2) is 61.1 Å². The second-order valence-electron chi connectivity index (χ2n) is 10.1. The minimum Gasteiger partial charge on any atom is -0.495 e. The Kier molecular flexibility index (Phi) is 9.86. The molecule has 0 aliphatic carbocycles. The van der Waals surface area contributed by atoms with Crippen LogP contribution in [0.15, 0.2) is 41.1 Å². The summed E-state index contributed by atoms with van der Waals surface area (Å²) in [6.45, 7) is 12.6. The summed E-state index contributed by atoms with van der Waals surface area (Å²) in [7, 11) is 3.35. The Morgan fingerprint density at radius 2 is 2.03 bits per heavy atom. The molecule has 1 aromatic heterocycles. The highest BCUT2D eigenvalue weighted by atomic mass is 16.5. The van der Waals surface area contributed by atoms with Gasteiger partial charge in [0.25, 0.3) is 0 Å². The maximum atomic E-state index is 11.8. The highest BCUT2D eigenvalue weighted by molar-refractivity contribution is 6.06. The number of carbonyl (C=O) groups excluding carboxylic acids is 1. The van der Waals surface area contributed by atoms with Crippen molar-refractivity contribution in [2.45, 2.75) is 65.7 Å². The number of carbonyl (C=O) groups is 1. The molecule has 0 saturated carbocycles. The van der Waals surface area contributed by atoms with Gasteiger partial charge >= 0.3 is 0 Å². The zero-order chi connectivity index (χ0) is 27.1. The molecule has 0 spiro atoms. The first kappa shape index (κ1) is 28.4. The number of aromatic nitrogens is 1. The molecule has 200 valence electrons. The van der Waals surface area contributed by atoms with E-state index in [0.717, 1.165) is 48.4 Å². The van der Waals surface area contributed by atoms with E-state index in [1.54, 1.807) is 21.1 Å². The van der Waals surface area contributed by atoms with Crippen molar-refractivity contribution in [1.82, 2.24) is 15.2 Å². The molecule has 2 heterocycles. The van der Waals surface area contributed by atoms with Crippen LogP contribution in [0.1, 0.15) is 82.5 Å². The van der Waals surface area contributed by atoms with Crippen LogP contribution in [0.3, 0.4) is 0 Å².